The van der Waals surface area contributed by atoms with Gasteiger partial charge in [0.05, 0.1) is 16.7 Å². The summed E-state index contributed by atoms with van der Waals surface area (Å²) in [7, 11) is 1.82. The van der Waals surface area contributed by atoms with Crippen molar-refractivity contribution in [1.29, 1.82) is 0 Å². The van der Waals surface area contributed by atoms with E-state index >= 15 is 0 Å². The predicted octanol–water partition coefficient (Wildman–Crippen LogP) is 2.83. The molecule has 4 rings (SSSR count). The van der Waals surface area contributed by atoms with Crippen molar-refractivity contribution < 1.29 is 5.11 Å². The zero-order valence-corrected chi connectivity index (χ0v) is 18.8. The smallest absolute Gasteiger partial charge is 0.193 e. The van der Waals surface area contributed by atoms with Gasteiger partial charge in [0.15, 0.2) is 5.96 Å². The maximum atomic E-state index is 10.1. The predicted molar refractivity (Wildman–Crippen MR) is 128 cm³/mol. The number of phenolic OH excluding ortho intramolecular Hbond substituents is 1. The molecular formula is C21H27IN6O. The van der Waals surface area contributed by atoms with E-state index in [1.807, 2.05) is 49.5 Å². The molecule has 29 heavy (non-hydrogen) atoms. The Labute approximate surface area is 187 Å². The number of para-hydroxylation sites is 4. The first kappa shape index (κ1) is 21.2. The molecule has 0 saturated carbocycles. The Morgan fingerprint density at radius 3 is 2.55 bits per heavy atom. The Hall–Kier alpha value is -2.49. The molecule has 0 unspecified atom stereocenters. The number of hydrogen-bond donors (Lipinski definition) is 3. The second kappa shape index (κ2) is 9.82. The summed E-state index contributed by atoms with van der Waals surface area (Å²) in [4.78, 5) is 16.9. The van der Waals surface area contributed by atoms with E-state index in [0.29, 0.717) is 5.75 Å². The molecule has 0 atom stereocenters. The van der Waals surface area contributed by atoms with Gasteiger partial charge in [0.2, 0.25) is 0 Å². The normalized spacial score (nSPS) is 14.7. The molecule has 0 amide bonds. The average Bonchev–Trinajstić information content (AvgIpc) is 3.15. The topological polar surface area (TPSA) is 79.8 Å². The van der Waals surface area contributed by atoms with Crippen LogP contribution in [0.1, 0.15) is 5.82 Å². The third kappa shape index (κ3) is 4.92. The number of fused-ring (bicyclic) bond motifs is 1. The molecule has 0 radical (unpaired) electrons. The Morgan fingerprint density at radius 1 is 1.10 bits per heavy atom. The van der Waals surface area contributed by atoms with Gasteiger partial charge in [-0.05, 0) is 24.3 Å². The molecule has 3 aromatic rings. The van der Waals surface area contributed by atoms with Crippen LogP contribution in [0.15, 0.2) is 53.5 Å². The number of guanidine groups is 1. The van der Waals surface area contributed by atoms with E-state index in [0.717, 1.165) is 67.6 Å². The number of rotatable bonds is 4. The first-order chi connectivity index (χ1) is 13.7. The number of benzene rings is 2. The van der Waals surface area contributed by atoms with Gasteiger partial charge in [0.1, 0.15) is 11.6 Å². The van der Waals surface area contributed by atoms with Crippen LogP contribution in [-0.4, -0.2) is 65.7 Å². The summed E-state index contributed by atoms with van der Waals surface area (Å²) in [5.74, 6) is 2.23. The zero-order valence-electron chi connectivity index (χ0n) is 16.5. The Bertz CT molecular complexity index is 931. The number of piperazine rings is 1. The second-order valence-corrected chi connectivity index (χ2v) is 6.89. The van der Waals surface area contributed by atoms with E-state index in [1.165, 1.54) is 0 Å². The fourth-order valence-electron chi connectivity index (χ4n) is 3.64. The highest BCUT2D eigenvalue weighted by Crippen LogP contribution is 2.27. The maximum absolute atomic E-state index is 10.1. The third-order valence-corrected chi connectivity index (χ3v) is 5.10. The van der Waals surface area contributed by atoms with Crippen molar-refractivity contribution in [3.05, 3.63) is 54.4 Å². The first-order valence-electron chi connectivity index (χ1n) is 9.67. The van der Waals surface area contributed by atoms with Crippen molar-refractivity contribution in [2.75, 3.05) is 44.7 Å². The highest BCUT2D eigenvalue weighted by molar-refractivity contribution is 14.0. The van der Waals surface area contributed by atoms with E-state index in [9.17, 15) is 5.11 Å². The summed E-state index contributed by atoms with van der Waals surface area (Å²) in [6, 6.07) is 15.6. The lowest BCUT2D eigenvalue weighted by molar-refractivity contribution is 0.370. The van der Waals surface area contributed by atoms with E-state index in [2.05, 4.69) is 30.1 Å². The lowest BCUT2D eigenvalue weighted by atomic mass is 10.2. The molecule has 0 bridgehead atoms. The van der Waals surface area contributed by atoms with Crippen LogP contribution < -0.4 is 10.2 Å². The summed E-state index contributed by atoms with van der Waals surface area (Å²) in [5.41, 5.74) is 2.97. The number of aromatic nitrogens is 2. The number of halogens is 1. The fourth-order valence-corrected chi connectivity index (χ4v) is 3.64. The fraction of sp³-hybridized carbons (Fsp3) is 0.333. The lowest BCUT2D eigenvalue weighted by Gasteiger charge is -2.37. The summed E-state index contributed by atoms with van der Waals surface area (Å²) >= 11 is 0. The van der Waals surface area contributed by atoms with Crippen LogP contribution in [-0.2, 0) is 6.42 Å². The number of nitrogens with one attached hydrogen (secondary N) is 2. The molecule has 2 aromatic carbocycles. The van der Waals surface area contributed by atoms with Crippen molar-refractivity contribution in [1.82, 2.24) is 20.2 Å². The van der Waals surface area contributed by atoms with E-state index in [1.54, 1.807) is 6.07 Å². The standard InChI is InChI=1S/C21H26N6O.HI/c1-22-21(23-11-10-20-24-16-6-2-3-7-17(16)25-20)27-14-12-26(13-15-27)18-8-4-5-9-19(18)28;/h2-9,28H,10-15H2,1H3,(H,22,23)(H,24,25);1H. The minimum absolute atomic E-state index is 0. The van der Waals surface area contributed by atoms with Crippen LogP contribution in [0.25, 0.3) is 11.0 Å². The van der Waals surface area contributed by atoms with Crippen LogP contribution in [0.4, 0.5) is 5.69 Å². The SMILES string of the molecule is CN=C(NCCc1nc2ccccc2[nH]1)N1CCN(c2ccccc2O)CC1.I. The molecule has 2 heterocycles. The molecule has 7 nitrogen and oxygen atoms in total. The van der Waals surface area contributed by atoms with Crippen LogP contribution in [0, 0.1) is 0 Å². The van der Waals surface area contributed by atoms with Gasteiger partial charge in [0, 0.05) is 46.2 Å². The van der Waals surface area contributed by atoms with Gasteiger partial charge in [-0.2, -0.15) is 0 Å². The number of aliphatic imine (C=N–C) groups is 1. The number of phenols is 1. The average molecular weight is 506 g/mol. The van der Waals surface area contributed by atoms with Gasteiger partial charge in [-0.3, -0.25) is 4.99 Å². The van der Waals surface area contributed by atoms with Crippen LogP contribution in [0.2, 0.25) is 0 Å². The molecule has 1 aromatic heterocycles. The molecular weight excluding hydrogens is 479 g/mol. The number of aromatic hydroxyl groups is 1. The largest absolute Gasteiger partial charge is 0.506 e. The van der Waals surface area contributed by atoms with E-state index in [4.69, 9.17) is 0 Å². The first-order valence-corrected chi connectivity index (χ1v) is 9.67. The van der Waals surface area contributed by atoms with Gasteiger partial charge in [0.25, 0.3) is 0 Å². The Balaban J connectivity index is 0.00000240. The number of imidazole rings is 1. The minimum Gasteiger partial charge on any atom is -0.506 e. The van der Waals surface area contributed by atoms with Crippen LogP contribution in [0.3, 0.4) is 0 Å². The van der Waals surface area contributed by atoms with Gasteiger partial charge in [-0.1, -0.05) is 24.3 Å². The van der Waals surface area contributed by atoms with Gasteiger partial charge < -0.3 is 25.2 Å². The summed E-state index contributed by atoms with van der Waals surface area (Å²) in [6.07, 6.45) is 0.811. The quantitative estimate of drug-likeness (QED) is 0.288. The molecule has 1 aliphatic rings. The summed E-state index contributed by atoms with van der Waals surface area (Å²) in [5, 5.41) is 13.5. The number of aromatic amines is 1. The molecule has 8 heteroatoms. The number of hydrogen-bond acceptors (Lipinski definition) is 4. The van der Waals surface area contributed by atoms with E-state index in [-0.39, 0.29) is 24.0 Å². The van der Waals surface area contributed by atoms with Gasteiger partial charge in [-0.15, -0.1) is 24.0 Å². The number of anilines is 1. The Morgan fingerprint density at radius 2 is 1.83 bits per heavy atom. The highest BCUT2D eigenvalue weighted by Gasteiger charge is 2.21. The minimum atomic E-state index is 0. The van der Waals surface area contributed by atoms with Gasteiger partial charge >= 0.3 is 0 Å². The third-order valence-electron chi connectivity index (χ3n) is 5.10. The molecule has 1 aliphatic heterocycles. The second-order valence-electron chi connectivity index (χ2n) is 6.89. The lowest BCUT2D eigenvalue weighted by Crippen LogP contribution is -2.52. The zero-order chi connectivity index (χ0) is 19.3. The van der Waals surface area contributed by atoms with E-state index < -0.39 is 0 Å². The van der Waals surface area contributed by atoms with Crippen LogP contribution >= 0.6 is 24.0 Å². The molecule has 1 fully saturated rings. The molecule has 0 aliphatic carbocycles. The highest BCUT2D eigenvalue weighted by atomic mass is 127. The molecule has 0 spiro atoms. The van der Waals surface area contributed by atoms with Crippen molar-refractivity contribution in [3.8, 4) is 5.75 Å². The van der Waals surface area contributed by atoms with Crippen molar-refractivity contribution in [2.45, 2.75) is 6.42 Å². The maximum Gasteiger partial charge on any atom is 0.193 e. The Kier molecular flexibility index (Phi) is 7.18. The molecule has 3 N–H and O–H groups in total. The monoisotopic (exact) mass is 506 g/mol. The summed E-state index contributed by atoms with van der Waals surface area (Å²) < 4.78 is 0. The van der Waals surface area contributed by atoms with Crippen molar-refractivity contribution in [3.63, 3.8) is 0 Å². The van der Waals surface area contributed by atoms with Crippen molar-refractivity contribution in [2.24, 2.45) is 4.99 Å². The molecule has 154 valence electrons. The number of nitrogens with zero attached hydrogens (tertiary/aromatic N) is 4. The van der Waals surface area contributed by atoms with Crippen molar-refractivity contribution >= 4 is 46.7 Å². The van der Waals surface area contributed by atoms with Crippen LogP contribution in [0.5, 0.6) is 5.75 Å². The van der Waals surface area contributed by atoms with Gasteiger partial charge in [-0.25, -0.2) is 4.98 Å². The number of H-pyrrole nitrogens is 1. The summed E-state index contributed by atoms with van der Waals surface area (Å²) in [6.45, 7) is 4.19. The molecule has 1 saturated heterocycles.